The largest absolute Gasteiger partial charge is 0.452 e. The van der Waals surface area contributed by atoms with E-state index in [0.717, 1.165) is 6.08 Å². The van der Waals surface area contributed by atoms with Crippen LogP contribution in [0.25, 0.3) is 6.08 Å². The first-order valence-corrected chi connectivity index (χ1v) is 7.38. The number of para-hydroxylation sites is 2. The van der Waals surface area contributed by atoms with Gasteiger partial charge in [0.1, 0.15) is 11.4 Å². The van der Waals surface area contributed by atoms with Crippen molar-refractivity contribution in [2.24, 2.45) is 0 Å². The van der Waals surface area contributed by atoms with E-state index in [-0.39, 0.29) is 11.4 Å². The molecule has 24 heavy (non-hydrogen) atoms. The Labute approximate surface area is 144 Å². The van der Waals surface area contributed by atoms with E-state index < -0.39 is 23.4 Å². The molecule has 1 heterocycles. The SMILES string of the molecule is O=C(COC(=O)/C=C/c1ccc(Br)o1)Nc1ccccc1[N+](=O)[O-]. The van der Waals surface area contributed by atoms with Crippen molar-refractivity contribution in [2.45, 2.75) is 0 Å². The molecule has 0 unspecified atom stereocenters. The third-order valence-corrected chi connectivity index (χ3v) is 3.12. The Balaban J connectivity index is 1.86. The highest BCUT2D eigenvalue weighted by Gasteiger charge is 2.15. The number of ether oxygens (including phenoxy) is 1. The van der Waals surface area contributed by atoms with Gasteiger partial charge in [0, 0.05) is 12.1 Å². The number of hydrogen-bond acceptors (Lipinski definition) is 6. The minimum Gasteiger partial charge on any atom is -0.452 e. The van der Waals surface area contributed by atoms with Crippen LogP contribution in [-0.2, 0) is 14.3 Å². The Morgan fingerprint density at radius 3 is 2.71 bits per heavy atom. The van der Waals surface area contributed by atoms with Gasteiger partial charge >= 0.3 is 5.97 Å². The van der Waals surface area contributed by atoms with Crippen molar-refractivity contribution in [3.63, 3.8) is 0 Å². The fourth-order valence-corrected chi connectivity index (χ4v) is 2.00. The standard InChI is InChI=1S/C15H11BrN2O6/c16-13-7-5-10(24-13)6-8-15(20)23-9-14(19)17-11-3-1-2-4-12(11)18(21)22/h1-8H,9H2,(H,17,19)/b8-6+. The number of furan rings is 1. The van der Waals surface area contributed by atoms with Gasteiger partial charge in [0.25, 0.3) is 11.6 Å². The number of hydrogen-bond donors (Lipinski definition) is 1. The Morgan fingerprint density at radius 2 is 2.04 bits per heavy atom. The minimum atomic E-state index is -0.750. The summed E-state index contributed by atoms with van der Waals surface area (Å²) in [5.74, 6) is -1.00. The van der Waals surface area contributed by atoms with Gasteiger partial charge in [-0.15, -0.1) is 0 Å². The molecule has 0 aliphatic heterocycles. The molecule has 2 aromatic rings. The summed E-state index contributed by atoms with van der Waals surface area (Å²) < 4.78 is 10.4. The fourth-order valence-electron chi connectivity index (χ4n) is 1.68. The number of nitro groups is 1. The van der Waals surface area contributed by atoms with E-state index in [4.69, 9.17) is 9.15 Å². The summed E-state index contributed by atoms with van der Waals surface area (Å²) in [6, 6.07) is 8.95. The molecule has 124 valence electrons. The number of carbonyl (C=O) groups excluding carboxylic acids is 2. The van der Waals surface area contributed by atoms with Crippen LogP contribution in [0.4, 0.5) is 11.4 Å². The van der Waals surface area contributed by atoms with Crippen molar-refractivity contribution in [3.05, 3.63) is 63.0 Å². The highest BCUT2D eigenvalue weighted by molar-refractivity contribution is 9.10. The van der Waals surface area contributed by atoms with Crippen molar-refractivity contribution in [3.8, 4) is 0 Å². The Morgan fingerprint density at radius 1 is 1.29 bits per heavy atom. The van der Waals surface area contributed by atoms with E-state index in [2.05, 4.69) is 21.2 Å². The number of benzene rings is 1. The lowest BCUT2D eigenvalue weighted by atomic mass is 10.2. The molecule has 1 aromatic heterocycles. The van der Waals surface area contributed by atoms with Crippen molar-refractivity contribution in [1.82, 2.24) is 0 Å². The average molecular weight is 395 g/mol. The van der Waals surface area contributed by atoms with Gasteiger partial charge in [-0.3, -0.25) is 14.9 Å². The summed E-state index contributed by atoms with van der Waals surface area (Å²) in [5, 5.41) is 13.2. The quantitative estimate of drug-likeness (QED) is 0.348. The van der Waals surface area contributed by atoms with E-state index in [0.29, 0.717) is 10.4 Å². The van der Waals surface area contributed by atoms with Crippen LogP contribution in [0.5, 0.6) is 0 Å². The Hall–Kier alpha value is -2.94. The molecule has 0 atom stereocenters. The van der Waals surface area contributed by atoms with Crippen molar-refractivity contribution in [1.29, 1.82) is 0 Å². The molecule has 0 fully saturated rings. The third-order valence-electron chi connectivity index (χ3n) is 2.70. The average Bonchev–Trinajstić information content (AvgIpc) is 2.97. The third kappa shape index (κ3) is 5.06. The lowest BCUT2D eigenvalue weighted by Gasteiger charge is -2.05. The molecule has 0 aliphatic rings. The molecular formula is C15H11BrN2O6. The Bertz CT molecular complexity index is 799. The molecule has 2 rings (SSSR count). The Kier molecular flexibility index (Phi) is 5.85. The summed E-state index contributed by atoms with van der Waals surface area (Å²) in [4.78, 5) is 33.4. The molecular weight excluding hydrogens is 384 g/mol. The maximum atomic E-state index is 11.7. The predicted molar refractivity (Wildman–Crippen MR) is 88.1 cm³/mol. The van der Waals surface area contributed by atoms with Gasteiger partial charge in [-0.1, -0.05) is 12.1 Å². The lowest BCUT2D eigenvalue weighted by Crippen LogP contribution is -2.20. The topological polar surface area (TPSA) is 112 Å². The number of halogens is 1. The molecule has 0 spiro atoms. The van der Waals surface area contributed by atoms with Crippen molar-refractivity contribution in [2.75, 3.05) is 11.9 Å². The van der Waals surface area contributed by atoms with Gasteiger partial charge in [-0.25, -0.2) is 4.79 Å². The van der Waals surface area contributed by atoms with Gasteiger partial charge in [0.15, 0.2) is 11.3 Å². The second-order valence-electron chi connectivity index (χ2n) is 4.41. The van der Waals surface area contributed by atoms with E-state index >= 15 is 0 Å². The fraction of sp³-hybridized carbons (Fsp3) is 0.0667. The molecule has 1 amide bonds. The zero-order chi connectivity index (χ0) is 17.5. The normalized spacial score (nSPS) is 10.5. The van der Waals surface area contributed by atoms with Gasteiger partial charge in [0.05, 0.1) is 4.92 Å². The summed E-state index contributed by atoms with van der Waals surface area (Å²) in [7, 11) is 0. The van der Waals surface area contributed by atoms with Gasteiger partial charge in [-0.2, -0.15) is 0 Å². The molecule has 0 aliphatic carbocycles. The predicted octanol–water partition coefficient (Wildman–Crippen LogP) is 3.15. The van der Waals surface area contributed by atoms with E-state index in [1.165, 1.54) is 24.3 Å². The van der Waals surface area contributed by atoms with Crippen molar-refractivity contribution >= 4 is 45.3 Å². The summed E-state index contributed by atoms with van der Waals surface area (Å²) in [6.07, 6.45) is 2.48. The van der Waals surface area contributed by atoms with Crippen LogP contribution < -0.4 is 5.32 Å². The van der Waals surface area contributed by atoms with Crippen molar-refractivity contribution < 1.29 is 23.7 Å². The number of nitrogens with one attached hydrogen (secondary N) is 1. The zero-order valence-corrected chi connectivity index (χ0v) is 13.7. The number of nitrogens with zero attached hydrogens (tertiary/aromatic N) is 1. The zero-order valence-electron chi connectivity index (χ0n) is 12.1. The van der Waals surface area contributed by atoms with Crippen LogP contribution in [-0.4, -0.2) is 23.4 Å². The molecule has 1 aromatic carbocycles. The number of esters is 1. The summed E-state index contributed by atoms with van der Waals surface area (Å²) in [6.45, 7) is -0.572. The lowest BCUT2D eigenvalue weighted by molar-refractivity contribution is -0.383. The second-order valence-corrected chi connectivity index (χ2v) is 5.19. The molecule has 0 bridgehead atoms. The smallest absolute Gasteiger partial charge is 0.331 e. The van der Waals surface area contributed by atoms with Crippen LogP contribution >= 0.6 is 15.9 Å². The number of amides is 1. The summed E-state index contributed by atoms with van der Waals surface area (Å²) in [5.41, 5.74) is -0.222. The molecule has 0 saturated carbocycles. The van der Waals surface area contributed by atoms with Crippen LogP contribution in [0.15, 0.2) is 51.6 Å². The molecule has 9 heteroatoms. The number of carbonyl (C=O) groups is 2. The monoisotopic (exact) mass is 394 g/mol. The van der Waals surface area contributed by atoms with E-state index in [9.17, 15) is 19.7 Å². The highest BCUT2D eigenvalue weighted by Crippen LogP contribution is 2.22. The van der Waals surface area contributed by atoms with E-state index in [1.807, 2.05) is 0 Å². The summed E-state index contributed by atoms with van der Waals surface area (Å²) >= 11 is 3.12. The van der Waals surface area contributed by atoms with Crippen LogP contribution in [0, 0.1) is 10.1 Å². The minimum absolute atomic E-state index is 0.0273. The first kappa shape index (κ1) is 17.4. The number of rotatable bonds is 6. The van der Waals surface area contributed by atoms with Crippen LogP contribution in [0.3, 0.4) is 0 Å². The van der Waals surface area contributed by atoms with Gasteiger partial charge in [0.2, 0.25) is 0 Å². The van der Waals surface area contributed by atoms with Crippen LogP contribution in [0.1, 0.15) is 5.76 Å². The van der Waals surface area contributed by atoms with Crippen LogP contribution in [0.2, 0.25) is 0 Å². The van der Waals surface area contributed by atoms with Gasteiger partial charge < -0.3 is 14.5 Å². The highest BCUT2D eigenvalue weighted by atomic mass is 79.9. The van der Waals surface area contributed by atoms with E-state index in [1.54, 1.807) is 18.2 Å². The molecule has 0 saturated heterocycles. The molecule has 1 N–H and O–H groups in total. The molecule has 8 nitrogen and oxygen atoms in total. The second kappa shape index (κ2) is 8.06. The maximum absolute atomic E-state index is 11.7. The first-order chi connectivity index (χ1) is 11.5. The van der Waals surface area contributed by atoms with Gasteiger partial charge in [-0.05, 0) is 40.2 Å². The molecule has 0 radical (unpaired) electrons. The first-order valence-electron chi connectivity index (χ1n) is 6.59. The number of nitro benzene ring substituents is 1. The maximum Gasteiger partial charge on any atom is 0.331 e. The number of anilines is 1.